The number of pyridine rings is 1. The van der Waals surface area contributed by atoms with Gasteiger partial charge in [0, 0.05) is 31.0 Å². The smallest absolute Gasteiger partial charge is 0.243 e. The summed E-state index contributed by atoms with van der Waals surface area (Å²) in [5.41, 5.74) is 2.35. The summed E-state index contributed by atoms with van der Waals surface area (Å²) >= 11 is 0. The maximum absolute atomic E-state index is 13.1. The molecule has 0 saturated heterocycles. The van der Waals surface area contributed by atoms with E-state index in [-0.39, 0.29) is 30.8 Å². The molecule has 2 amide bonds. The number of carbonyl (C=O) groups is 2. The van der Waals surface area contributed by atoms with Gasteiger partial charge in [-0.2, -0.15) is 0 Å². The highest BCUT2D eigenvalue weighted by molar-refractivity contribution is 5.88. The van der Waals surface area contributed by atoms with Crippen molar-refractivity contribution in [3.8, 4) is 23.0 Å². The summed E-state index contributed by atoms with van der Waals surface area (Å²) in [6, 6.07) is 8.68. The van der Waals surface area contributed by atoms with Crippen molar-refractivity contribution in [3.05, 3.63) is 59.7 Å². The number of methoxy groups -OCH3 is 1. The van der Waals surface area contributed by atoms with Crippen LogP contribution in [0.4, 0.5) is 0 Å². The van der Waals surface area contributed by atoms with Gasteiger partial charge < -0.3 is 24.5 Å². The van der Waals surface area contributed by atoms with Gasteiger partial charge in [-0.15, -0.1) is 0 Å². The Hall–Kier alpha value is -3.92. The molecular weight excluding hydrogens is 486 g/mol. The summed E-state index contributed by atoms with van der Waals surface area (Å²) in [7, 11) is 1.59. The van der Waals surface area contributed by atoms with Gasteiger partial charge in [0.25, 0.3) is 0 Å². The van der Waals surface area contributed by atoms with Crippen LogP contribution in [0.2, 0.25) is 0 Å². The monoisotopic (exact) mass is 521 g/mol. The molecule has 2 aromatic heterocycles. The lowest BCUT2D eigenvalue weighted by atomic mass is 10.0. The number of benzene rings is 1. The van der Waals surface area contributed by atoms with Crippen LogP contribution in [0.1, 0.15) is 37.3 Å². The van der Waals surface area contributed by atoms with Crippen molar-refractivity contribution in [2.75, 3.05) is 26.8 Å². The van der Waals surface area contributed by atoms with Crippen molar-refractivity contribution < 1.29 is 23.5 Å². The number of carbonyl (C=O) groups excluding carboxylic acids is 2. The van der Waals surface area contributed by atoms with Crippen molar-refractivity contribution in [2.45, 2.75) is 46.3 Å². The average molecular weight is 522 g/mol. The number of oxazole rings is 1. The maximum Gasteiger partial charge on any atom is 0.243 e. The summed E-state index contributed by atoms with van der Waals surface area (Å²) in [5, 5.41) is 5.83. The molecule has 0 unspecified atom stereocenters. The first-order valence-electron chi connectivity index (χ1n) is 12.8. The Morgan fingerprint density at radius 3 is 2.82 bits per heavy atom. The quantitative estimate of drug-likeness (QED) is 0.538. The Morgan fingerprint density at radius 1 is 1.24 bits per heavy atom. The fourth-order valence-corrected chi connectivity index (χ4v) is 4.31. The molecule has 4 bridgehead atoms. The van der Waals surface area contributed by atoms with E-state index in [1.165, 1.54) is 0 Å². The van der Waals surface area contributed by atoms with Crippen LogP contribution in [0.15, 0.2) is 47.1 Å². The first-order chi connectivity index (χ1) is 18.3. The van der Waals surface area contributed by atoms with Crippen molar-refractivity contribution in [2.24, 2.45) is 5.92 Å². The van der Waals surface area contributed by atoms with Gasteiger partial charge in [-0.1, -0.05) is 19.9 Å². The van der Waals surface area contributed by atoms with E-state index in [9.17, 15) is 9.59 Å². The fraction of sp³-hybridized carbons (Fsp3) is 0.429. The zero-order valence-electron chi connectivity index (χ0n) is 22.3. The standard InChI is InChI=1S/C28H35N5O5/c1-18(2)26-27(35)30-15-22-19(3)38-28(31-22)21-8-9-23(36-4)24(13-21)37-12-6-11-33(17-25(34)32-26)16-20-7-5-10-29-14-20/h5,7-10,13-14,18,26H,6,11-12,15-17H2,1-4H3,(H,30,35)(H,32,34)/t26-/m0/s1. The number of aryl methyl sites for hydroxylation is 1. The second-order valence-electron chi connectivity index (χ2n) is 9.67. The van der Waals surface area contributed by atoms with E-state index < -0.39 is 6.04 Å². The van der Waals surface area contributed by atoms with Gasteiger partial charge in [-0.25, -0.2) is 4.98 Å². The minimum Gasteiger partial charge on any atom is -0.493 e. The van der Waals surface area contributed by atoms with E-state index >= 15 is 0 Å². The lowest BCUT2D eigenvalue weighted by Gasteiger charge is -2.25. The van der Waals surface area contributed by atoms with Gasteiger partial charge in [0.1, 0.15) is 17.5 Å². The molecule has 0 fully saturated rings. The van der Waals surface area contributed by atoms with Gasteiger partial charge in [-0.3, -0.25) is 19.5 Å². The molecule has 1 aromatic carbocycles. The molecule has 0 aliphatic carbocycles. The Kier molecular flexibility index (Phi) is 8.96. The first-order valence-corrected chi connectivity index (χ1v) is 12.8. The molecule has 4 rings (SSSR count). The van der Waals surface area contributed by atoms with Crippen molar-refractivity contribution in [1.29, 1.82) is 0 Å². The average Bonchev–Trinajstić information content (AvgIpc) is 3.28. The highest BCUT2D eigenvalue weighted by atomic mass is 16.5. The van der Waals surface area contributed by atoms with E-state index in [0.29, 0.717) is 55.0 Å². The lowest BCUT2D eigenvalue weighted by molar-refractivity contribution is -0.130. The number of ether oxygens (including phenoxy) is 2. The molecule has 2 N–H and O–H groups in total. The van der Waals surface area contributed by atoms with Crippen LogP contribution in [0.3, 0.4) is 0 Å². The Balaban J connectivity index is 1.61. The lowest BCUT2D eigenvalue weighted by Crippen LogP contribution is -2.51. The van der Waals surface area contributed by atoms with Crippen LogP contribution in [0.5, 0.6) is 11.5 Å². The molecule has 202 valence electrons. The predicted molar refractivity (Wildman–Crippen MR) is 141 cm³/mol. The molecule has 0 saturated carbocycles. The molecule has 0 spiro atoms. The molecular formula is C28H35N5O5. The number of nitrogens with one attached hydrogen (secondary N) is 2. The van der Waals surface area contributed by atoms with Gasteiger partial charge in [0.05, 0.1) is 26.8 Å². The Morgan fingerprint density at radius 2 is 2.08 bits per heavy atom. The third-order valence-corrected chi connectivity index (χ3v) is 6.37. The van der Waals surface area contributed by atoms with Gasteiger partial charge >= 0.3 is 0 Å². The number of aromatic nitrogens is 2. The fourth-order valence-electron chi connectivity index (χ4n) is 4.31. The van der Waals surface area contributed by atoms with Crippen LogP contribution in [-0.4, -0.2) is 59.5 Å². The number of hydrogen-bond acceptors (Lipinski definition) is 8. The van der Waals surface area contributed by atoms with Crippen molar-refractivity contribution >= 4 is 11.8 Å². The van der Waals surface area contributed by atoms with Gasteiger partial charge in [0.15, 0.2) is 11.5 Å². The third-order valence-electron chi connectivity index (χ3n) is 6.37. The van der Waals surface area contributed by atoms with E-state index in [2.05, 4.69) is 20.6 Å². The second kappa shape index (κ2) is 12.6. The Bertz CT molecular complexity index is 1240. The van der Waals surface area contributed by atoms with Crippen LogP contribution in [0, 0.1) is 12.8 Å². The van der Waals surface area contributed by atoms with E-state index in [1.54, 1.807) is 26.4 Å². The van der Waals surface area contributed by atoms with Crippen molar-refractivity contribution in [1.82, 2.24) is 25.5 Å². The minimum atomic E-state index is -0.680. The number of rotatable bonds is 4. The molecule has 1 aliphatic rings. The molecule has 3 heterocycles. The Labute approximate surface area is 222 Å². The van der Waals surface area contributed by atoms with E-state index in [4.69, 9.17) is 13.9 Å². The van der Waals surface area contributed by atoms with E-state index in [1.807, 2.05) is 49.1 Å². The molecule has 10 heteroatoms. The number of hydrogen-bond donors (Lipinski definition) is 2. The van der Waals surface area contributed by atoms with Crippen LogP contribution in [0.25, 0.3) is 11.5 Å². The SMILES string of the molecule is COc1ccc2cc1OCCCN(Cc1cccnc1)CC(=O)N[C@@H](C(C)C)C(=O)NCc1nc-2oc1C. The second-order valence-corrected chi connectivity index (χ2v) is 9.67. The molecule has 3 aromatic rings. The maximum atomic E-state index is 13.1. The summed E-state index contributed by atoms with van der Waals surface area (Å²) in [6.07, 6.45) is 4.17. The molecule has 0 radical (unpaired) electrons. The topological polar surface area (TPSA) is 119 Å². The number of fused-ring (bicyclic) bond motifs is 5. The highest BCUT2D eigenvalue weighted by Crippen LogP contribution is 2.33. The van der Waals surface area contributed by atoms with E-state index in [0.717, 1.165) is 11.1 Å². The minimum absolute atomic E-state index is 0.101. The third kappa shape index (κ3) is 6.89. The molecule has 38 heavy (non-hydrogen) atoms. The predicted octanol–water partition coefficient (Wildman–Crippen LogP) is 3.10. The van der Waals surface area contributed by atoms with Crippen LogP contribution < -0.4 is 20.1 Å². The van der Waals surface area contributed by atoms with Crippen LogP contribution >= 0.6 is 0 Å². The number of amides is 2. The van der Waals surface area contributed by atoms with Gasteiger partial charge in [-0.05, 0) is 49.1 Å². The number of nitrogens with zero attached hydrogens (tertiary/aromatic N) is 3. The normalized spacial score (nSPS) is 17.7. The zero-order chi connectivity index (χ0) is 27.1. The molecule has 1 atom stereocenters. The summed E-state index contributed by atoms with van der Waals surface area (Å²) in [5.74, 6) is 1.62. The van der Waals surface area contributed by atoms with Crippen LogP contribution in [-0.2, 0) is 22.7 Å². The zero-order valence-corrected chi connectivity index (χ0v) is 22.3. The largest absolute Gasteiger partial charge is 0.493 e. The summed E-state index contributed by atoms with van der Waals surface area (Å²) in [6.45, 7) is 7.49. The van der Waals surface area contributed by atoms with Crippen molar-refractivity contribution in [3.63, 3.8) is 0 Å². The highest BCUT2D eigenvalue weighted by Gasteiger charge is 2.26. The molecule has 10 nitrogen and oxygen atoms in total. The summed E-state index contributed by atoms with van der Waals surface area (Å²) in [4.78, 5) is 37.0. The molecule has 1 aliphatic heterocycles. The van der Waals surface area contributed by atoms with Gasteiger partial charge in [0.2, 0.25) is 17.7 Å². The summed E-state index contributed by atoms with van der Waals surface area (Å²) < 4.78 is 17.5. The first kappa shape index (κ1) is 27.1.